The quantitative estimate of drug-likeness (QED) is 0.424. The van der Waals surface area contributed by atoms with Crippen LogP contribution in [0.25, 0.3) is 0 Å². The largest absolute Gasteiger partial charge is 0.100 e. The second-order valence-electron chi connectivity index (χ2n) is 1.21. The molecule has 0 amide bonds. The second kappa shape index (κ2) is 29.6. The van der Waals surface area contributed by atoms with E-state index in [0.29, 0.717) is 0 Å². The van der Waals surface area contributed by atoms with Crippen LogP contribution < -0.4 is 0 Å². The summed E-state index contributed by atoms with van der Waals surface area (Å²) < 4.78 is 0. The van der Waals surface area contributed by atoms with Gasteiger partial charge in [-0.05, 0) is 13.8 Å². The Morgan fingerprint density at radius 2 is 0.875 bits per heavy atom. The fraction of sp³-hybridized carbons (Fsp3) is 0.750. The van der Waals surface area contributed by atoms with Crippen LogP contribution in [0.2, 0.25) is 0 Å². The van der Waals surface area contributed by atoms with Crippen molar-refractivity contribution in [1.82, 2.24) is 0 Å². The van der Waals surface area contributed by atoms with Crippen molar-refractivity contribution < 1.29 is 0 Å². The third-order valence-electron chi connectivity index (χ3n) is 0. The molecular weight excluding hydrogens is 96.1 g/mol. The third-order valence-corrected chi connectivity index (χ3v) is 0. The molecule has 0 bridgehead atoms. The van der Waals surface area contributed by atoms with E-state index in [0.717, 1.165) is 0 Å². The molecule has 0 aliphatic heterocycles. The Bertz CT molecular complexity index is 23.0. The molecule has 52 valence electrons. The van der Waals surface area contributed by atoms with Gasteiger partial charge in [0.2, 0.25) is 0 Å². The van der Waals surface area contributed by atoms with E-state index in [1.807, 2.05) is 41.5 Å². The normalized spacial score (nSPS) is 4.75. The summed E-state index contributed by atoms with van der Waals surface area (Å²) >= 11 is 0. The maximum atomic E-state index is 3.56. The zero-order chi connectivity index (χ0) is 7.58. The lowest BCUT2D eigenvalue weighted by atomic mass is 10.4. The van der Waals surface area contributed by atoms with Gasteiger partial charge in [-0.15, -0.1) is 6.58 Å². The van der Waals surface area contributed by atoms with Crippen LogP contribution >= 0.6 is 0 Å². The van der Waals surface area contributed by atoms with E-state index < -0.39 is 0 Å². The van der Waals surface area contributed by atoms with E-state index in [1.54, 1.807) is 0 Å². The average Bonchev–Trinajstić information content (AvgIpc) is 1.75. The first-order valence-electron chi connectivity index (χ1n) is 3.35. The predicted molar refractivity (Wildman–Crippen MR) is 43.2 cm³/mol. The van der Waals surface area contributed by atoms with Gasteiger partial charge in [-0.25, -0.2) is 0 Å². The molecule has 0 aliphatic rings. The molecule has 0 nitrogen and oxygen atoms in total. The molecule has 0 aromatic rings. The summed E-state index contributed by atoms with van der Waals surface area (Å²) in [4.78, 5) is 0. The van der Waals surface area contributed by atoms with Crippen LogP contribution in [0.5, 0.6) is 0 Å². The van der Waals surface area contributed by atoms with Gasteiger partial charge in [-0.2, -0.15) is 0 Å². The van der Waals surface area contributed by atoms with Crippen LogP contribution in [0.4, 0.5) is 0 Å². The fourth-order valence-electron chi connectivity index (χ4n) is 0. The highest BCUT2D eigenvalue weighted by Gasteiger charge is 1.51. The van der Waals surface area contributed by atoms with E-state index in [9.17, 15) is 0 Å². The van der Waals surface area contributed by atoms with Gasteiger partial charge in [-0.1, -0.05) is 33.3 Å². The van der Waals surface area contributed by atoms with Crippen molar-refractivity contribution in [2.75, 3.05) is 0 Å². The summed E-state index contributed by atoms with van der Waals surface area (Å²) in [7, 11) is 0. The molecule has 0 N–H and O–H groups in total. The Labute approximate surface area is 54.6 Å². The fourth-order valence-corrected chi connectivity index (χ4v) is 0. The summed E-state index contributed by atoms with van der Waals surface area (Å²) in [5, 5.41) is 0. The van der Waals surface area contributed by atoms with Gasteiger partial charge in [0.15, 0.2) is 0 Å². The first-order chi connectivity index (χ1) is 3.73. The Morgan fingerprint density at radius 1 is 0.875 bits per heavy atom. The molecule has 0 aromatic carbocycles. The number of allylic oxidation sites excluding steroid dienone is 1. The number of rotatable bonds is 0. The van der Waals surface area contributed by atoms with Crippen LogP contribution in [-0.2, 0) is 0 Å². The highest BCUT2D eigenvalue weighted by atomic mass is 13.6. The van der Waals surface area contributed by atoms with Crippen LogP contribution in [0.3, 0.4) is 0 Å². The molecule has 0 rings (SSSR count). The Kier molecular flexibility index (Phi) is 57.9. The van der Waals surface area contributed by atoms with Crippen LogP contribution in [0, 0.1) is 0 Å². The van der Waals surface area contributed by atoms with Crippen molar-refractivity contribution in [2.45, 2.75) is 41.5 Å². The summed E-state index contributed by atoms with van der Waals surface area (Å²) in [5.41, 5.74) is 1.17. The van der Waals surface area contributed by atoms with Gasteiger partial charge in [0, 0.05) is 0 Å². The van der Waals surface area contributed by atoms with Crippen LogP contribution in [-0.4, -0.2) is 0 Å². The molecule has 0 heteroatoms. The topological polar surface area (TPSA) is 0 Å². The molecule has 0 heterocycles. The van der Waals surface area contributed by atoms with Crippen molar-refractivity contribution >= 4 is 0 Å². The van der Waals surface area contributed by atoms with Crippen molar-refractivity contribution in [1.29, 1.82) is 0 Å². The van der Waals surface area contributed by atoms with Crippen LogP contribution in [0.15, 0.2) is 12.2 Å². The molecule has 0 spiro atoms. The lowest BCUT2D eigenvalue weighted by Gasteiger charge is -1.65. The van der Waals surface area contributed by atoms with Gasteiger partial charge in [0.05, 0.1) is 0 Å². The molecule has 0 saturated heterocycles. The van der Waals surface area contributed by atoms with Crippen molar-refractivity contribution in [3.05, 3.63) is 12.2 Å². The molecule has 0 radical (unpaired) electrons. The van der Waals surface area contributed by atoms with Gasteiger partial charge in [-0.3, -0.25) is 0 Å². The molecule has 0 fully saturated rings. The lowest BCUT2D eigenvalue weighted by Crippen LogP contribution is -1.43. The molecule has 0 saturated carbocycles. The summed E-state index contributed by atoms with van der Waals surface area (Å²) in [6.45, 7) is 15.5. The Morgan fingerprint density at radius 3 is 0.875 bits per heavy atom. The lowest BCUT2D eigenvalue weighted by molar-refractivity contribution is 1.42. The van der Waals surface area contributed by atoms with E-state index in [2.05, 4.69) is 6.58 Å². The number of hydrogen-bond donors (Lipinski definition) is 0. The minimum absolute atomic E-state index is 1.17. The van der Waals surface area contributed by atoms with Crippen molar-refractivity contribution in [3.8, 4) is 0 Å². The van der Waals surface area contributed by atoms with Crippen molar-refractivity contribution in [2.24, 2.45) is 0 Å². The molecular formula is C8H20. The van der Waals surface area contributed by atoms with E-state index >= 15 is 0 Å². The van der Waals surface area contributed by atoms with Gasteiger partial charge in [0.25, 0.3) is 0 Å². The van der Waals surface area contributed by atoms with E-state index in [-0.39, 0.29) is 0 Å². The van der Waals surface area contributed by atoms with E-state index in [1.165, 1.54) is 5.57 Å². The zero-order valence-corrected chi connectivity index (χ0v) is 7.21. The summed E-state index contributed by atoms with van der Waals surface area (Å²) in [6.07, 6.45) is 0. The van der Waals surface area contributed by atoms with Crippen molar-refractivity contribution in [3.63, 3.8) is 0 Å². The van der Waals surface area contributed by atoms with E-state index in [4.69, 9.17) is 0 Å². The molecule has 8 heavy (non-hydrogen) atoms. The maximum Gasteiger partial charge on any atom is -0.0445 e. The molecule has 0 aliphatic carbocycles. The smallest absolute Gasteiger partial charge is 0.0445 e. The van der Waals surface area contributed by atoms with Gasteiger partial charge < -0.3 is 0 Å². The predicted octanol–water partition coefficient (Wildman–Crippen LogP) is 3.63. The minimum atomic E-state index is 1.17. The first-order valence-corrected chi connectivity index (χ1v) is 3.35. The highest BCUT2D eigenvalue weighted by Crippen LogP contribution is 1.73. The van der Waals surface area contributed by atoms with Gasteiger partial charge >= 0.3 is 0 Å². The molecule has 0 aromatic heterocycles. The molecule has 0 unspecified atom stereocenters. The zero-order valence-electron chi connectivity index (χ0n) is 7.21. The monoisotopic (exact) mass is 116 g/mol. The standard InChI is InChI=1S/C4H8.2C2H6/c1-4(2)3;2*1-2/h1H2,2-3H3;2*1-2H3. The summed E-state index contributed by atoms with van der Waals surface area (Å²) in [5.74, 6) is 0. The highest BCUT2D eigenvalue weighted by molar-refractivity contribution is 4.78. The Hall–Kier alpha value is -0.260. The first kappa shape index (κ1) is 15.6. The molecule has 0 atom stereocenters. The minimum Gasteiger partial charge on any atom is -0.100 e. The van der Waals surface area contributed by atoms with Crippen LogP contribution in [0.1, 0.15) is 41.5 Å². The number of hydrogen-bond acceptors (Lipinski definition) is 0. The second-order valence-corrected chi connectivity index (χ2v) is 1.21. The Balaban J connectivity index is -0.0000000542. The summed E-state index contributed by atoms with van der Waals surface area (Å²) in [6, 6.07) is 0. The SMILES string of the molecule is C=C(C)C.CC.CC. The average molecular weight is 116 g/mol. The maximum absolute atomic E-state index is 3.56. The third kappa shape index (κ3) is 1910. The van der Waals surface area contributed by atoms with Gasteiger partial charge in [0.1, 0.15) is 0 Å².